The van der Waals surface area contributed by atoms with Crippen molar-refractivity contribution in [2.75, 3.05) is 13.1 Å². The molecule has 1 saturated carbocycles. The van der Waals surface area contributed by atoms with Gasteiger partial charge in [0.1, 0.15) is 0 Å². The summed E-state index contributed by atoms with van der Waals surface area (Å²) in [6.07, 6.45) is 1.26. The van der Waals surface area contributed by atoms with E-state index in [-0.39, 0.29) is 12.1 Å². The maximum atomic E-state index is 11.8. The molecule has 0 spiro atoms. The molecule has 1 amide bonds. The lowest BCUT2D eigenvalue weighted by atomic mass is 10.0. The van der Waals surface area contributed by atoms with E-state index in [0.29, 0.717) is 23.3 Å². The summed E-state index contributed by atoms with van der Waals surface area (Å²) >= 11 is 0. The number of amides is 1. The van der Waals surface area contributed by atoms with Crippen LogP contribution in [-0.2, 0) is 4.79 Å². The molecular weight excluding hydrogens is 200 g/mol. The van der Waals surface area contributed by atoms with Crippen LogP contribution in [-0.4, -0.2) is 30.1 Å². The SMILES string of the molecule is CCC1NCC(=O)N1CC1C(C)(C)C1(C)C. The van der Waals surface area contributed by atoms with Crippen LogP contribution in [0.3, 0.4) is 0 Å². The second kappa shape index (κ2) is 3.46. The van der Waals surface area contributed by atoms with Crippen LogP contribution in [0.1, 0.15) is 41.0 Å². The van der Waals surface area contributed by atoms with E-state index in [2.05, 4.69) is 39.9 Å². The first-order chi connectivity index (χ1) is 7.32. The van der Waals surface area contributed by atoms with Crippen LogP contribution in [0.15, 0.2) is 0 Å². The Bertz CT molecular complexity index is 295. The van der Waals surface area contributed by atoms with Crippen LogP contribution in [0.4, 0.5) is 0 Å². The topological polar surface area (TPSA) is 32.3 Å². The fourth-order valence-corrected chi connectivity index (χ4v) is 3.17. The molecule has 2 rings (SSSR count). The summed E-state index contributed by atoms with van der Waals surface area (Å²) < 4.78 is 0. The smallest absolute Gasteiger partial charge is 0.237 e. The van der Waals surface area contributed by atoms with Crippen LogP contribution in [0, 0.1) is 16.7 Å². The van der Waals surface area contributed by atoms with Crippen LogP contribution in [0.5, 0.6) is 0 Å². The van der Waals surface area contributed by atoms with Crippen LogP contribution in [0.2, 0.25) is 0 Å². The molecule has 0 bridgehead atoms. The number of rotatable bonds is 3. The molecule has 2 aliphatic rings. The predicted octanol–water partition coefficient (Wildman–Crippen LogP) is 1.84. The molecule has 3 heteroatoms. The molecule has 1 aliphatic carbocycles. The zero-order chi connectivity index (χ0) is 12.1. The van der Waals surface area contributed by atoms with Crippen molar-refractivity contribution in [2.45, 2.75) is 47.2 Å². The third-order valence-corrected chi connectivity index (χ3v) is 5.27. The second-order valence-electron chi connectivity index (χ2n) is 6.35. The van der Waals surface area contributed by atoms with Gasteiger partial charge in [-0.05, 0) is 23.2 Å². The Balaban J connectivity index is 2.03. The second-order valence-corrected chi connectivity index (χ2v) is 6.35. The highest BCUT2D eigenvalue weighted by Gasteiger charge is 2.65. The van der Waals surface area contributed by atoms with E-state index in [0.717, 1.165) is 13.0 Å². The van der Waals surface area contributed by atoms with Gasteiger partial charge in [0.25, 0.3) is 0 Å². The quantitative estimate of drug-likeness (QED) is 0.793. The number of nitrogens with zero attached hydrogens (tertiary/aromatic N) is 1. The van der Waals surface area contributed by atoms with E-state index in [1.165, 1.54) is 0 Å². The van der Waals surface area contributed by atoms with Gasteiger partial charge in [-0.3, -0.25) is 10.1 Å². The van der Waals surface area contributed by atoms with Crippen molar-refractivity contribution < 1.29 is 4.79 Å². The first kappa shape index (κ1) is 11.9. The fraction of sp³-hybridized carbons (Fsp3) is 0.923. The lowest BCUT2D eigenvalue weighted by Crippen LogP contribution is -2.38. The van der Waals surface area contributed by atoms with E-state index < -0.39 is 0 Å². The minimum Gasteiger partial charge on any atom is -0.326 e. The molecule has 1 unspecified atom stereocenters. The van der Waals surface area contributed by atoms with Gasteiger partial charge in [-0.15, -0.1) is 0 Å². The summed E-state index contributed by atoms with van der Waals surface area (Å²) in [4.78, 5) is 13.8. The molecule has 1 atom stereocenters. The van der Waals surface area contributed by atoms with E-state index in [1.807, 2.05) is 4.90 Å². The molecule has 0 aromatic carbocycles. The molecule has 0 aromatic rings. The molecule has 2 fully saturated rings. The minimum atomic E-state index is 0.264. The Kier molecular flexibility index (Phi) is 2.57. The molecule has 1 saturated heterocycles. The van der Waals surface area contributed by atoms with Crippen molar-refractivity contribution in [2.24, 2.45) is 16.7 Å². The molecule has 16 heavy (non-hydrogen) atoms. The van der Waals surface area contributed by atoms with Crippen molar-refractivity contribution in [3.8, 4) is 0 Å². The summed E-state index contributed by atoms with van der Waals surface area (Å²) in [5, 5.41) is 3.27. The lowest BCUT2D eigenvalue weighted by molar-refractivity contribution is -0.128. The van der Waals surface area contributed by atoms with Gasteiger partial charge >= 0.3 is 0 Å². The maximum absolute atomic E-state index is 11.8. The van der Waals surface area contributed by atoms with E-state index in [9.17, 15) is 4.79 Å². The van der Waals surface area contributed by atoms with E-state index >= 15 is 0 Å². The fourth-order valence-electron chi connectivity index (χ4n) is 3.17. The maximum Gasteiger partial charge on any atom is 0.237 e. The van der Waals surface area contributed by atoms with Gasteiger partial charge in [0.05, 0.1) is 12.7 Å². The van der Waals surface area contributed by atoms with Crippen molar-refractivity contribution in [1.82, 2.24) is 10.2 Å². The summed E-state index contributed by atoms with van der Waals surface area (Å²) in [5.41, 5.74) is 0.738. The van der Waals surface area contributed by atoms with Crippen LogP contribution < -0.4 is 5.32 Å². The van der Waals surface area contributed by atoms with Crippen molar-refractivity contribution in [3.05, 3.63) is 0 Å². The van der Waals surface area contributed by atoms with Gasteiger partial charge in [0.15, 0.2) is 0 Å². The summed E-state index contributed by atoms with van der Waals surface area (Å²) in [5.74, 6) is 0.906. The Labute approximate surface area is 98.6 Å². The molecule has 3 nitrogen and oxygen atoms in total. The first-order valence-electron chi connectivity index (χ1n) is 6.35. The van der Waals surface area contributed by atoms with Crippen molar-refractivity contribution in [1.29, 1.82) is 0 Å². The Morgan fingerprint density at radius 3 is 2.31 bits per heavy atom. The summed E-state index contributed by atoms with van der Waals surface area (Å²) in [6, 6.07) is 0. The van der Waals surface area contributed by atoms with Gasteiger partial charge in [-0.1, -0.05) is 34.6 Å². The first-order valence-corrected chi connectivity index (χ1v) is 6.35. The Hall–Kier alpha value is -0.570. The van der Waals surface area contributed by atoms with E-state index in [1.54, 1.807) is 0 Å². The molecule has 1 aliphatic heterocycles. The molecule has 92 valence electrons. The molecule has 0 aromatic heterocycles. The number of hydrogen-bond donors (Lipinski definition) is 1. The van der Waals surface area contributed by atoms with Gasteiger partial charge in [0, 0.05) is 6.54 Å². The molecule has 0 radical (unpaired) electrons. The monoisotopic (exact) mass is 224 g/mol. The highest BCUT2D eigenvalue weighted by Crippen LogP contribution is 2.68. The molecule has 1 N–H and O–H groups in total. The minimum absolute atomic E-state index is 0.264. The lowest BCUT2D eigenvalue weighted by Gasteiger charge is -2.24. The number of carbonyl (C=O) groups excluding carboxylic acids is 1. The number of hydrogen-bond acceptors (Lipinski definition) is 2. The van der Waals surface area contributed by atoms with Gasteiger partial charge in [-0.2, -0.15) is 0 Å². The van der Waals surface area contributed by atoms with Gasteiger partial charge < -0.3 is 4.90 Å². The third kappa shape index (κ3) is 1.48. The number of nitrogens with one attached hydrogen (secondary N) is 1. The summed E-state index contributed by atoms with van der Waals surface area (Å²) in [7, 11) is 0. The normalized spacial score (nSPS) is 32.2. The van der Waals surface area contributed by atoms with Crippen LogP contribution >= 0.6 is 0 Å². The number of carbonyl (C=O) groups is 1. The van der Waals surface area contributed by atoms with Crippen molar-refractivity contribution in [3.63, 3.8) is 0 Å². The summed E-state index contributed by atoms with van der Waals surface area (Å²) in [6.45, 7) is 12.8. The van der Waals surface area contributed by atoms with E-state index in [4.69, 9.17) is 0 Å². The van der Waals surface area contributed by atoms with Crippen molar-refractivity contribution >= 4 is 5.91 Å². The van der Waals surface area contributed by atoms with Crippen LogP contribution in [0.25, 0.3) is 0 Å². The Morgan fingerprint density at radius 1 is 1.31 bits per heavy atom. The highest BCUT2D eigenvalue weighted by molar-refractivity contribution is 5.80. The molecular formula is C13H24N2O. The largest absolute Gasteiger partial charge is 0.326 e. The third-order valence-electron chi connectivity index (χ3n) is 5.27. The zero-order valence-corrected chi connectivity index (χ0v) is 11.1. The van der Waals surface area contributed by atoms with Gasteiger partial charge in [0.2, 0.25) is 5.91 Å². The van der Waals surface area contributed by atoms with Gasteiger partial charge in [-0.25, -0.2) is 0 Å². The molecule has 1 heterocycles. The Morgan fingerprint density at radius 2 is 1.88 bits per heavy atom. The standard InChI is InChI=1S/C13H24N2O/c1-6-10-14-7-11(16)15(10)8-9-12(2,3)13(9,4)5/h9-10,14H,6-8H2,1-5H3. The zero-order valence-electron chi connectivity index (χ0n) is 11.1. The average Bonchev–Trinajstić information content (AvgIpc) is 2.48. The highest BCUT2D eigenvalue weighted by atomic mass is 16.2. The average molecular weight is 224 g/mol. The predicted molar refractivity (Wildman–Crippen MR) is 64.8 cm³/mol.